The number of hydrogen-bond acceptors (Lipinski definition) is 5. The third kappa shape index (κ3) is 2.45. The Labute approximate surface area is 137 Å². The number of nitro benzene ring substituents is 1. The molecular formula is C17H15N3O2S. The Morgan fingerprint density at radius 3 is 2.78 bits per heavy atom. The fourth-order valence-electron chi connectivity index (χ4n) is 3.21. The van der Waals surface area contributed by atoms with Crippen LogP contribution in [0, 0.1) is 10.1 Å². The van der Waals surface area contributed by atoms with Gasteiger partial charge >= 0.3 is 0 Å². The number of nitrogens with zero attached hydrogens (tertiary/aromatic N) is 3. The fraction of sp³-hybridized carbons (Fsp3) is 0.235. The van der Waals surface area contributed by atoms with Crippen LogP contribution < -0.4 is 4.90 Å². The second kappa shape index (κ2) is 5.62. The molecule has 116 valence electrons. The number of anilines is 1. The van der Waals surface area contributed by atoms with E-state index in [4.69, 9.17) is 4.98 Å². The standard InChI is InChI=1S/C17H15N3O2S/c21-20(22)14-8-3-2-7-13(14)19-11-5-9-15(19)17-18-12-6-1-4-10-16(12)23-17/h1-4,6-8,10,15H,5,9,11H2/t15-/m1/s1. The van der Waals surface area contributed by atoms with Crippen molar-refractivity contribution in [3.8, 4) is 0 Å². The van der Waals surface area contributed by atoms with Gasteiger partial charge in [-0.3, -0.25) is 10.1 Å². The molecule has 0 spiro atoms. The van der Waals surface area contributed by atoms with Crippen LogP contribution in [-0.4, -0.2) is 16.5 Å². The zero-order valence-corrected chi connectivity index (χ0v) is 13.2. The first kappa shape index (κ1) is 14.1. The van der Waals surface area contributed by atoms with Crippen molar-refractivity contribution >= 4 is 32.9 Å². The molecule has 23 heavy (non-hydrogen) atoms. The quantitative estimate of drug-likeness (QED) is 0.524. The summed E-state index contributed by atoms with van der Waals surface area (Å²) >= 11 is 1.68. The molecule has 3 aromatic rings. The third-order valence-corrected chi connectivity index (χ3v) is 5.37. The van der Waals surface area contributed by atoms with Gasteiger partial charge in [0.15, 0.2) is 0 Å². The van der Waals surface area contributed by atoms with Crippen molar-refractivity contribution in [2.45, 2.75) is 18.9 Å². The van der Waals surface area contributed by atoms with Gasteiger partial charge in [0.1, 0.15) is 10.7 Å². The van der Waals surface area contributed by atoms with Crippen LogP contribution in [0.1, 0.15) is 23.9 Å². The summed E-state index contributed by atoms with van der Waals surface area (Å²) in [5, 5.41) is 12.4. The summed E-state index contributed by atoms with van der Waals surface area (Å²) in [6.07, 6.45) is 2.00. The van der Waals surface area contributed by atoms with E-state index < -0.39 is 0 Å². The molecule has 1 aliphatic heterocycles. The Kier molecular flexibility index (Phi) is 3.46. The molecule has 5 nitrogen and oxygen atoms in total. The highest BCUT2D eigenvalue weighted by Gasteiger charge is 2.32. The molecule has 0 unspecified atom stereocenters. The molecule has 1 saturated heterocycles. The lowest BCUT2D eigenvalue weighted by Gasteiger charge is -2.24. The largest absolute Gasteiger partial charge is 0.357 e. The minimum absolute atomic E-state index is 0.119. The predicted molar refractivity (Wildman–Crippen MR) is 92.0 cm³/mol. The highest BCUT2D eigenvalue weighted by Crippen LogP contribution is 2.42. The third-order valence-electron chi connectivity index (χ3n) is 4.24. The van der Waals surface area contributed by atoms with E-state index in [0.717, 1.165) is 34.6 Å². The lowest BCUT2D eigenvalue weighted by Crippen LogP contribution is -2.23. The number of thiazole rings is 1. The van der Waals surface area contributed by atoms with Crippen LogP contribution in [0.5, 0.6) is 0 Å². The molecule has 2 heterocycles. The summed E-state index contributed by atoms with van der Waals surface area (Å²) in [4.78, 5) is 17.9. The van der Waals surface area contributed by atoms with Gasteiger partial charge in [-0.05, 0) is 31.0 Å². The molecule has 1 atom stereocenters. The van der Waals surface area contributed by atoms with Gasteiger partial charge in [-0.25, -0.2) is 4.98 Å². The fourth-order valence-corrected chi connectivity index (χ4v) is 4.32. The number of fused-ring (bicyclic) bond motifs is 1. The van der Waals surface area contributed by atoms with Crippen molar-refractivity contribution in [2.75, 3.05) is 11.4 Å². The van der Waals surface area contributed by atoms with Crippen LogP contribution in [0.2, 0.25) is 0 Å². The van der Waals surface area contributed by atoms with E-state index in [9.17, 15) is 10.1 Å². The normalized spacial score (nSPS) is 17.7. The lowest BCUT2D eigenvalue weighted by atomic mass is 10.2. The van der Waals surface area contributed by atoms with E-state index in [1.807, 2.05) is 30.3 Å². The molecule has 0 saturated carbocycles. The molecular weight excluding hydrogens is 310 g/mol. The first-order valence-electron chi connectivity index (χ1n) is 7.59. The zero-order chi connectivity index (χ0) is 15.8. The molecule has 0 bridgehead atoms. The summed E-state index contributed by atoms with van der Waals surface area (Å²) in [6.45, 7) is 0.825. The highest BCUT2D eigenvalue weighted by molar-refractivity contribution is 7.18. The van der Waals surface area contributed by atoms with Gasteiger partial charge in [0.25, 0.3) is 5.69 Å². The van der Waals surface area contributed by atoms with Gasteiger partial charge < -0.3 is 4.90 Å². The molecule has 1 fully saturated rings. The zero-order valence-electron chi connectivity index (χ0n) is 12.4. The maximum absolute atomic E-state index is 11.3. The van der Waals surface area contributed by atoms with Gasteiger partial charge in [-0.15, -0.1) is 11.3 Å². The summed E-state index contributed by atoms with van der Waals surface area (Å²) in [6, 6.07) is 15.2. The van der Waals surface area contributed by atoms with Gasteiger partial charge in [0, 0.05) is 12.6 Å². The van der Waals surface area contributed by atoms with E-state index in [-0.39, 0.29) is 16.7 Å². The molecule has 6 heteroatoms. The Morgan fingerprint density at radius 2 is 1.96 bits per heavy atom. The Balaban J connectivity index is 1.76. The molecule has 1 aliphatic rings. The summed E-state index contributed by atoms with van der Waals surface area (Å²) in [5.74, 6) is 0. The Bertz CT molecular complexity index is 844. The second-order valence-corrected chi connectivity index (χ2v) is 6.68. The van der Waals surface area contributed by atoms with Crippen LogP contribution in [0.25, 0.3) is 10.2 Å². The molecule has 0 amide bonds. The van der Waals surface area contributed by atoms with Crippen molar-refractivity contribution in [2.24, 2.45) is 0 Å². The van der Waals surface area contributed by atoms with Crippen LogP contribution >= 0.6 is 11.3 Å². The van der Waals surface area contributed by atoms with E-state index in [1.54, 1.807) is 23.5 Å². The van der Waals surface area contributed by atoms with Gasteiger partial charge in [0.2, 0.25) is 0 Å². The monoisotopic (exact) mass is 325 g/mol. The van der Waals surface area contributed by atoms with Crippen molar-refractivity contribution in [3.63, 3.8) is 0 Å². The second-order valence-electron chi connectivity index (χ2n) is 5.62. The topological polar surface area (TPSA) is 59.3 Å². The van der Waals surface area contributed by atoms with E-state index in [1.165, 1.54) is 0 Å². The minimum Gasteiger partial charge on any atom is -0.357 e. The van der Waals surface area contributed by atoms with Crippen molar-refractivity contribution < 1.29 is 4.92 Å². The first-order chi connectivity index (χ1) is 11.2. The number of para-hydroxylation sites is 3. The molecule has 4 rings (SSSR count). The predicted octanol–water partition coefficient (Wildman–Crippen LogP) is 4.55. The van der Waals surface area contributed by atoms with Gasteiger partial charge in [-0.2, -0.15) is 0 Å². The molecule has 0 N–H and O–H groups in total. The molecule has 2 aromatic carbocycles. The van der Waals surface area contributed by atoms with Gasteiger partial charge in [-0.1, -0.05) is 24.3 Å². The SMILES string of the molecule is O=[N+]([O-])c1ccccc1N1CCC[C@@H]1c1nc2ccccc2s1. The van der Waals surface area contributed by atoms with Crippen LogP contribution in [0.4, 0.5) is 11.4 Å². The number of rotatable bonds is 3. The average Bonchev–Trinajstić information content (AvgIpc) is 3.21. The molecule has 0 radical (unpaired) electrons. The van der Waals surface area contributed by atoms with E-state index in [2.05, 4.69) is 11.0 Å². The van der Waals surface area contributed by atoms with Crippen LogP contribution in [-0.2, 0) is 0 Å². The number of hydrogen-bond donors (Lipinski definition) is 0. The van der Waals surface area contributed by atoms with E-state index in [0.29, 0.717) is 5.69 Å². The van der Waals surface area contributed by atoms with Crippen molar-refractivity contribution in [3.05, 3.63) is 63.7 Å². The van der Waals surface area contributed by atoms with Gasteiger partial charge in [0.05, 0.1) is 21.2 Å². The first-order valence-corrected chi connectivity index (χ1v) is 8.41. The molecule has 1 aromatic heterocycles. The highest BCUT2D eigenvalue weighted by atomic mass is 32.1. The summed E-state index contributed by atoms with van der Waals surface area (Å²) < 4.78 is 1.16. The van der Waals surface area contributed by atoms with Crippen molar-refractivity contribution in [1.82, 2.24) is 4.98 Å². The number of aromatic nitrogens is 1. The smallest absolute Gasteiger partial charge is 0.292 e. The van der Waals surface area contributed by atoms with E-state index >= 15 is 0 Å². The maximum Gasteiger partial charge on any atom is 0.292 e. The molecule has 0 aliphatic carbocycles. The minimum atomic E-state index is -0.303. The number of nitro groups is 1. The average molecular weight is 325 g/mol. The number of benzene rings is 2. The lowest BCUT2D eigenvalue weighted by molar-refractivity contribution is -0.384. The summed E-state index contributed by atoms with van der Waals surface area (Å²) in [5.41, 5.74) is 1.86. The Hall–Kier alpha value is -2.47. The maximum atomic E-state index is 11.3. The summed E-state index contributed by atoms with van der Waals surface area (Å²) in [7, 11) is 0. The van der Waals surface area contributed by atoms with Crippen LogP contribution in [0.3, 0.4) is 0 Å². The van der Waals surface area contributed by atoms with Crippen LogP contribution in [0.15, 0.2) is 48.5 Å². The Morgan fingerprint density at radius 1 is 1.17 bits per heavy atom. The van der Waals surface area contributed by atoms with Crippen molar-refractivity contribution in [1.29, 1.82) is 0 Å².